The Kier molecular flexibility index (Phi) is 5.12. The van der Waals surface area contributed by atoms with Gasteiger partial charge in [-0.15, -0.1) is 0 Å². The summed E-state index contributed by atoms with van der Waals surface area (Å²) in [6, 6.07) is 15.3. The summed E-state index contributed by atoms with van der Waals surface area (Å²) in [5, 5.41) is 12.4. The number of carbonyl (C=O) groups is 1. The number of aryl methyl sites for hydroxylation is 2. The van der Waals surface area contributed by atoms with Gasteiger partial charge in [0.2, 0.25) is 0 Å². The maximum atomic E-state index is 12.3. The molecular weight excluding hydrogens is 262 g/mol. The minimum Gasteiger partial charge on any atom is -0.394 e. The van der Waals surface area contributed by atoms with Crippen molar-refractivity contribution in [1.29, 1.82) is 0 Å². The highest BCUT2D eigenvalue weighted by atomic mass is 16.3. The summed E-state index contributed by atoms with van der Waals surface area (Å²) in [5.74, 6) is -0.142. The first-order valence-corrected chi connectivity index (χ1v) is 7.12. The second-order valence-corrected chi connectivity index (χ2v) is 5.42. The van der Waals surface area contributed by atoms with E-state index in [2.05, 4.69) is 5.32 Å². The fourth-order valence-electron chi connectivity index (χ4n) is 2.43. The van der Waals surface area contributed by atoms with E-state index in [1.807, 2.05) is 62.4 Å². The minimum absolute atomic E-state index is 0.0779. The number of benzene rings is 2. The maximum absolute atomic E-state index is 12.3. The SMILES string of the molecule is Cc1cc(C)cc(C(=O)N[C@H](CO)Cc2ccccc2)c1. The highest BCUT2D eigenvalue weighted by Gasteiger charge is 2.14. The molecule has 0 fully saturated rings. The Balaban J connectivity index is 2.05. The van der Waals surface area contributed by atoms with Crippen LogP contribution < -0.4 is 5.32 Å². The van der Waals surface area contributed by atoms with Gasteiger partial charge in [0.05, 0.1) is 12.6 Å². The summed E-state index contributed by atoms with van der Waals surface area (Å²) in [6.07, 6.45) is 0.619. The molecular formula is C18H21NO2. The largest absolute Gasteiger partial charge is 0.394 e. The molecule has 0 spiro atoms. The van der Waals surface area contributed by atoms with Gasteiger partial charge < -0.3 is 10.4 Å². The van der Waals surface area contributed by atoms with Crippen LogP contribution in [0, 0.1) is 13.8 Å². The van der Waals surface area contributed by atoms with Crippen LogP contribution in [0.1, 0.15) is 27.0 Å². The van der Waals surface area contributed by atoms with Crippen molar-refractivity contribution in [1.82, 2.24) is 5.32 Å². The first-order valence-electron chi connectivity index (χ1n) is 7.12. The molecule has 3 nitrogen and oxygen atoms in total. The first kappa shape index (κ1) is 15.3. The molecule has 1 atom stereocenters. The van der Waals surface area contributed by atoms with Crippen molar-refractivity contribution in [2.45, 2.75) is 26.3 Å². The Labute approximate surface area is 125 Å². The standard InChI is InChI=1S/C18H21NO2/c1-13-8-14(2)10-16(9-13)18(21)19-17(12-20)11-15-6-4-3-5-7-15/h3-10,17,20H,11-12H2,1-2H3,(H,19,21)/t17-/m0/s1. The van der Waals surface area contributed by atoms with Crippen molar-refractivity contribution in [3.8, 4) is 0 Å². The maximum Gasteiger partial charge on any atom is 0.251 e. The van der Waals surface area contributed by atoms with E-state index in [0.29, 0.717) is 12.0 Å². The van der Waals surface area contributed by atoms with Gasteiger partial charge in [0, 0.05) is 5.56 Å². The summed E-state index contributed by atoms with van der Waals surface area (Å²) in [4.78, 5) is 12.3. The van der Waals surface area contributed by atoms with Crippen LogP contribution in [0.5, 0.6) is 0 Å². The highest BCUT2D eigenvalue weighted by Crippen LogP contribution is 2.10. The van der Waals surface area contributed by atoms with Gasteiger partial charge in [-0.1, -0.05) is 47.5 Å². The molecule has 0 aliphatic carbocycles. The van der Waals surface area contributed by atoms with E-state index >= 15 is 0 Å². The lowest BCUT2D eigenvalue weighted by atomic mass is 10.0. The number of amides is 1. The summed E-state index contributed by atoms with van der Waals surface area (Å²) < 4.78 is 0. The predicted octanol–water partition coefficient (Wildman–Crippen LogP) is 2.64. The molecule has 1 amide bonds. The Morgan fingerprint density at radius 2 is 1.71 bits per heavy atom. The quantitative estimate of drug-likeness (QED) is 0.886. The van der Waals surface area contributed by atoms with Gasteiger partial charge in [-0.05, 0) is 38.0 Å². The first-order chi connectivity index (χ1) is 10.1. The number of aliphatic hydroxyl groups is 1. The van der Waals surface area contributed by atoms with E-state index in [9.17, 15) is 9.90 Å². The molecule has 2 rings (SSSR count). The Morgan fingerprint density at radius 1 is 1.10 bits per heavy atom. The van der Waals surface area contributed by atoms with Crippen molar-refractivity contribution >= 4 is 5.91 Å². The third kappa shape index (κ3) is 4.43. The number of aliphatic hydroxyl groups excluding tert-OH is 1. The lowest BCUT2D eigenvalue weighted by molar-refractivity contribution is 0.0916. The van der Waals surface area contributed by atoms with Gasteiger partial charge in [-0.3, -0.25) is 4.79 Å². The van der Waals surface area contributed by atoms with Gasteiger partial charge in [0.25, 0.3) is 5.91 Å². The van der Waals surface area contributed by atoms with Gasteiger partial charge in [0.1, 0.15) is 0 Å². The van der Waals surface area contributed by atoms with E-state index in [1.165, 1.54) is 0 Å². The zero-order valence-corrected chi connectivity index (χ0v) is 12.5. The zero-order valence-electron chi connectivity index (χ0n) is 12.5. The van der Waals surface area contributed by atoms with Crippen LogP contribution in [0.15, 0.2) is 48.5 Å². The number of hydrogen-bond donors (Lipinski definition) is 2. The topological polar surface area (TPSA) is 49.3 Å². The van der Waals surface area contributed by atoms with Crippen molar-refractivity contribution < 1.29 is 9.90 Å². The molecule has 0 aliphatic heterocycles. The van der Waals surface area contributed by atoms with E-state index < -0.39 is 0 Å². The van der Waals surface area contributed by atoms with Crippen molar-refractivity contribution in [2.24, 2.45) is 0 Å². The molecule has 2 aromatic carbocycles. The molecule has 0 aromatic heterocycles. The predicted molar refractivity (Wildman–Crippen MR) is 84.4 cm³/mol. The molecule has 3 heteroatoms. The van der Waals surface area contributed by atoms with Crippen molar-refractivity contribution in [2.75, 3.05) is 6.61 Å². The molecule has 21 heavy (non-hydrogen) atoms. The molecule has 0 saturated carbocycles. The summed E-state index contributed by atoms with van der Waals surface area (Å²) in [5.41, 5.74) is 3.85. The fourth-order valence-corrected chi connectivity index (χ4v) is 2.43. The van der Waals surface area contributed by atoms with E-state index in [0.717, 1.165) is 16.7 Å². The van der Waals surface area contributed by atoms with Crippen LogP contribution in [0.25, 0.3) is 0 Å². The van der Waals surface area contributed by atoms with Crippen LogP contribution >= 0.6 is 0 Å². The second kappa shape index (κ2) is 7.04. The molecule has 0 aliphatic rings. The van der Waals surface area contributed by atoms with Crippen LogP contribution in [0.3, 0.4) is 0 Å². The molecule has 2 N–H and O–H groups in total. The molecule has 0 bridgehead atoms. The molecule has 0 radical (unpaired) electrons. The minimum atomic E-state index is -0.277. The zero-order chi connectivity index (χ0) is 15.2. The number of nitrogens with one attached hydrogen (secondary N) is 1. The average molecular weight is 283 g/mol. The fraction of sp³-hybridized carbons (Fsp3) is 0.278. The van der Waals surface area contributed by atoms with Crippen LogP contribution in [0.2, 0.25) is 0 Å². The van der Waals surface area contributed by atoms with Crippen molar-refractivity contribution in [3.63, 3.8) is 0 Å². The second-order valence-electron chi connectivity index (χ2n) is 5.42. The number of carbonyl (C=O) groups excluding carboxylic acids is 1. The summed E-state index contributed by atoms with van der Waals surface area (Å²) in [7, 11) is 0. The Bertz CT molecular complexity index is 588. The van der Waals surface area contributed by atoms with Gasteiger partial charge in [0.15, 0.2) is 0 Å². The summed E-state index contributed by atoms with van der Waals surface area (Å²) >= 11 is 0. The van der Waals surface area contributed by atoms with Crippen molar-refractivity contribution in [3.05, 3.63) is 70.8 Å². The van der Waals surface area contributed by atoms with E-state index in [4.69, 9.17) is 0 Å². The van der Waals surface area contributed by atoms with E-state index in [1.54, 1.807) is 0 Å². The molecule has 110 valence electrons. The third-order valence-corrected chi connectivity index (χ3v) is 3.36. The normalized spacial score (nSPS) is 12.0. The smallest absolute Gasteiger partial charge is 0.251 e. The monoisotopic (exact) mass is 283 g/mol. The van der Waals surface area contributed by atoms with Gasteiger partial charge >= 0.3 is 0 Å². The lowest BCUT2D eigenvalue weighted by Crippen LogP contribution is -2.39. The lowest BCUT2D eigenvalue weighted by Gasteiger charge is -2.17. The van der Waals surface area contributed by atoms with Crippen LogP contribution in [-0.4, -0.2) is 23.7 Å². The molecule has 2 aromatic rings. The van der Waals surface area contributed by atoms with E-state index in [-0.39, 0.29) is 18.6 Å². The highest BCUT2D eigenvalue weighted by molar-refractivity contribution is 5.94. The molecule has 0 unspecified atom stereocenters. The average Bonchev–Trinajstić information content (AvgIpc) is 2.46. The van der Waals surface area contributed by atoms with Gasteiger partial charge in [-0.2, -0.15) is 0 Å². The molecule has 0 heterocycles. The van der Waals surface area contributed by atoms with Crippen LogP contribution in [0.4, 0.5) is 0 Å². The van der Waals surface area contributed by atoms with Gasteiger partial charge in [-0.25, -0.2) is 0 Å². The Morgan fingerprint density at radius 3 is 2.29 bits per heavy atom. The Hall–Kier alpha value is -2.13. The molecule has 0 saturated heterocycles. The summed E-state index contributed by atoms with van der Waals surface area (Å²) in [6.45, 7) is 3.86. The van der Waals surface area contributed by atoms with Crippen LogP contribution in [-0.2, 0) is 6.42 Å². The number of rotatable bonds is 5. The third-order valence-electron chi connectivity index (χ3n) is 3.36. The number of hydrogen-bond acceptors (Lipinski definition) is 2.